The average molecular weight is 333 g/mol. The quantitative estimate of drug-likeness (QED) is 0.871. The lowest BCUT2D eigenvalue weighted by molar-refractivity contribution is -0.123. The molecule has 0 aromatic heterocycles. The zero-order valence-electron chi connectivity index (χ0n) is 10.9. The molecule has 2 aromatic rings. The molecule has 20 heavy (non-hydrogen) atoms. The van der Waals surface area contributed by atoms with Crippen molar-refractivity contribution in [1.29, 1.82) is 0 Å². The van der Waals surface area contributed by atoms with Gasteiger partial charge in [0.2, 0.25) is 5.91 Å². The molecular formula is C15H13BrN2O2. The van der Waals surface area contributed by atoms with Gasteiger partial charge in [0.1, 0.15) is 0 Å². The fourth-order valence-corrected chi connectivity index (χ4v) is 2.71. The molecule has 5 heteroatoms. The molecule has 1 aliphatic rings. The van der Waals surface area contributed by atoms with E-state index in [2.05, 4.69) is 21.2 Å². The number of hydrogen-bond acceptors (Lipinski definition) is 2. The Labute approximate surface area is 124 Å². The Bertz CT molecular complexity index is 714. The van der Waals surface area contributed by atoms with Crippen LogP contribution in [-0.4, -0.2) is 18.5 Å². The van der Waals surface area contributed by atoms with Crippen LogP contribution in [0.1, 0.15) is 6.92 Å². The summed E-state index contributed by atoms with van der Waals surface area (Å²) in [5.41, 5.74) is 0.802. The number of fused-ring (bicyclic) bond motifs is 1. The molecule has 1 heterocycles. The van der Waals surface area contributed by atoms with Crippen LogP contribution in [0.5, 0.6) is 0 Å². The first kappa shape index (κ1) is 13.1. The molecule has 4 nitrogen and oxygen atoms in total. The van der Waals surface area contributed by atoms with Gasteiger partial charge in [-0.25, -0.2) is 4.79 Å². The van der Waals surface area contributed by atoms with Gasteiger partial charge in [-0.15, -0.1) is 0 Å². The van der Waals surface area contributed by atoms with E-state index in [0.29, 0.717) is 6.54 Å². The van der Waals surface area contributed by atoms with Crippen LogP contribution in [0.3, 0.4) is 0 Å². The van der Waals surface area contributed by atoms with Crippen LogP contribution in [0.2, 0.25) is 0 Å². The Morgan fingerprint density at radius 3 is 2.65 bits per heavy atom. The maximum atomic E-state index is 11.9. The molecule has 3 amide bonds. The topological polar surface area (TPSA) is 49.4 Å². The van der Waals surface area contributed by atoms with Crippen molar-refractivity contribution in [3.8, 4) is 0 Å². The van der Waals surface area contributed by atoms with E-state index >= 15 is 0 Å². The molecule has 102 valence electrons. The average Bonchev–Trinajstić information content (AvgIpc) is 2.42. The molecule has 1 N–H and O–H groups in total. The van der Waals surface area contributed by atoms with Crippen molar-refractivity contribution in [2.24, 2.45) is 5.92 Å². The van der Waals surface area contributed by atoms with Crippen LogP contribution in [-0.2, 0) is 4.79 Å². The third kappa shape index (κ3) is 2.29. The fraction of sp³-hybridized carbons (Fsp3) is 0.200. The summed E-state index contributed by atoms with van der Waals surface area (Å²) in [4.78, 5) is 25.0. The van der Waals surface area contributed by atoms with Crippen molar-refractivity contribution in [3.05, 3.63) is 40.9 Å². The number of rotatable bonds is 1. The van der Waals surface area contributed by atoms with E-state index in [0.717, 1.165) is 20.9 Å². The summed E-state index contributed by atoms with van der Waals surface area (Å²) in [7, 11) is 0. The van der Waals surface area contributed by atoms with Crippen LogP contribution in [0, 0.1) is 5.92 Å². The van der Waals surface area contributed by atoms with Crippen molar-refractivity contribution in [2.75, 3.05) is 11.4 Å². The van der Waals surface area contributed by atoms with Gasteiger partial charge in [-0.3, -0.25) is 15.0 Å². The van der Waals surface area contributed by atoms with Crippen LogP contribution < -0.4 is 10.2 Å². The minimum atomic E-state index is -0.357. The lowest BCUT2D eigenvalue weighted by Crippen LogP contribution is -2.53. The molecule has 2 aromatic carbocycles. The second kappa shape index (κ2) is 4.90. The van der Waals surface area contributed by atoms with Gasteiger partial charge in [-0.05, 0) is 35.0 Å². The Morgan fingerprint density at radius 2 is 1.85 bits per heavy atom. The summed E-state index contributed by atoms with van der Waals surface area (Å²) in [5, 5.41) is 4.54. The Hall–Kier alpha value is -1.88. The molecule has 3 rings (SSSR count). The van der Waals surface area contributed by atoms with Gasteiger partial charge in [0.15, 0.2) is 0 Å². The van der Waals surface area contributed by atoms with Gasteiger partial charge < -0.3 is 0 Å². The Morgan fingerprint density at radius 1 is 1.15 bits per heavy atom. The highest BCUT2D eigenvalue weighted by atomic mass is 79.9. The molecule has 0 aliphatic carbocycles. The van der Waals surface area contributed by atoms with Crippen LogP contribution in [0.4, 0.5) is 10.5 Å². The van der Waals surface area contributed by atoms with E-state index < -0.39 is 0 Å². The van der Waals surface area contributed by atoms with Crippen molar-refractivity contribution in [3.63, 3.8) is 0 Å². The summed E-state index contributed by atoms with van der Waals surface area (Å²) in [5.74, 6) is -0.413. The third-order valence-electron chi connectivity index (χ3n) is 3.48. The normalized spacial score (nSPS) is 19.3. The maximum Gasteiger partial charge on any atom is 0.328 e. The Kier molecular flexibility index (Phi) is 3.22. The van der Waals surface area contributed by atoms with E-state index in [-0.39, 0.29) is 17.9 Å². The van der Waals surface area contributed by atoms with Crippen LogP contribution >= 0.6 is 15.9 Å². The van der Waals surface area contributed by atoms with E-state index in [1.165, 1.54) is 0 Å². The second-order valence-corrected chi connectivity index (χ2v) is 5.90. The van der Waals surface area contributed by atoms with Gasteiger partial charge in [0.25, 0.3) is 0 Å². The lowest BCUT2D eigenvalue weighted by atomic mass is 10.1. The van der Waals surface area contributed by atoms with E-state index in [1.54, 1.807) is 4.90 Å². The van der Waals surface area contributed by atoms with E-state index in [4.69, 9.17) is 0 Å². The van der Waals surface area contributed by atoms with Crippen molar-refractivity contribution >= 4 is 44.3 Å². The number of anilines is 1. The highest BCUT2D eigenvalue weighted by Crippen LogP contribution is 2.26. The molecule has 0 saturated carbocycles. The number of nitrogens with zero attached hydrogens (tertiary/aromatic N) is 1. The van der Waals surface area contributed by atoms with Crippen LogP contribution in [0.25, 0.3) is 10.8 Å². The SMILES string of the molecule is CC1CN(c2ccc3cc(Br)ccc3c2)C(=O)NC1=O. The molecule has 1 unspecified atom stereocenters. The van der Waals surface area contributed by atoms with Gasteiger partial charge in [0.05, 0.1) is 5.92 Å². The van der Waals surface area contributed by atoms with Gasteiger partial charge in [0, 0.05) is 16.7 Å². The molecule has 0 bridgehead atoms. The number of amides is 3. The van der Waals surface area contributed by atoms with Crippen molar-refractivity contribution in [2.45, 2.75) is 6.92 Å². The highest BCUT2D eigenvalue weighted by molar-refractivity contribution is 9.10. The number of benzene rings is 2. The maximum absolute atomic E-state index is 11.9. The monoisotopic (exact) mass is 332 g/mol. The summed E-state index contributed by atoms with van der Waals surface area (Å²) < 4.78 is 1.02. The van der Waals surface area contributed by atoms with E-state index in [9.17, 15) is 9.59 Å². The number of urea groups is 1. The highest BCUT2D eigenvalue weighted by Gasteiger charge is 2.29. The summed E-state index contributed by atoms with van der Waals surface area (Å²) in [6.45, 7) is 2.22. The first-order chi connectivity index (χ1) is 9.54. The molecule has 0 radical (unpaired) electrons. The standard InChI is InChI=1S/C15H13BrN2O2/c1-9-8-18(15(20)17-14(9)19)13-5-3-10-6-12(16)4-2-11(10)7-13/h2-7,9H,8H2,1H3,(H,17,19,20). The largest absolute Gasteiger partial charge is 0.328 e. The van der Waals surface area contributed by atoms with Gasteiger partial charge in [-0.2, -0.15) is 0 Å². The lowest BCUT2D eigenvalue weighted by Gasteiger charge is -2.30. The summed E-state index contributed by atoms with van der Waals surface area (Å²) in [6.07, 6.45) is 0. The predicted octanol–water partition coefficient (Wildman–Crippen LogP) is 3.29. The number of hydrogen-bond donors (Lipinski definition) is 1. The molecule has 1 atom stereocenters. The first-order valence-corrected chi connectivity index (χ1v) is 7.15. The van der Waals surface area contributed by atoms with Crippen molar-refractivity contribution in [1.82, 2.24) is 5.32 Å². The zero-order chi connectivity index (χ0) is 14.3. The molecule has 1 aliphatic heterocycles. The number of imide groups is 1. The third-order valence-corrected chi connectivity index (χ3v) is 3.97. The smallest absolute Gasteiger partial charge is 0.293 e. The number of nitrogens with one attached hydrogen (secondary N) is 1. The second-order valence-electron chi connectivity index (χ2n) is 4.98. The van der Waals surface area contributed by atoms with E-state index in [1.807, 2.05) is 43.3 Å². The van der Waals surface area contributed by atoms with Crippen LogP contribution in [0.15, 0.2) is 40.9 Å². The summed E-state index contributed by atoms with van der Waals surface area (Å²) >= 11 is 3.44. The Balaban J connectivity index is 1.99. The van der Waals surface area contributed by atoms with Crippen molar-refractivity contribution < 1.29 is 9.59 Å². The zero-order valence-corrected chi connectivity index (χ0v) is 12.5. The minimum absolute atomic E-state index is 0.201. The van der Waals surface area contributed by atoms with Gasteiger partial charge >= 0.3 is 6.03 Å². The minimum Gasteiger partial charge on any atom is -0.293 e. The number of carbonyl (C=O) groups excluding carboxylic acids is 2. The number of carbonyl (C=O) groups is 2. The molecular weight excluding hydrogens is 320 g/mol. The summed E-state index contributed by atoms with van der Waals surface area (Å²) in [6, 6.07) is 11.5. The molecule has 0 spiro atoms. The van der Waals surface area contributed by atoms with Gasteiger partial charge in [-0.1, -0.05) is 35.0 Å². The fourth-order valence-electron chi connectivity index (χ4n) is 2.33. The molecule has 1 fully saturated rings. The molecule has 1 saturated heterocycles. The number of halogens is 1. The predicted molar refractivity (Wildman–Crippen MR) is 81.7 cm³/mol. The first-order valence-electron chi connectivity index (χ1n) is 6.36.